The molecule has 6 heteroatoms. The molecule has 0 saturated carbocycles. The van der Waals surface area contributed by atoms with Crippen LogP contribution in [0.5, 0.6) is 0 Å². The average Bonchev–Trinajstić information content (AvgIpc) is 2.33. The van der Waals surface area contributed by atoms with Gasteiger partial charge in [0.05, 0.1) is 5.02 Å². The van der Waals surface area contributed by atoms with E-state index in [1.807, 2.05) is 6.07 Å². The maximum atomic E-state index is 8.85. The van der Waals surface area contributed by atoms with Crippen LogP contribution in [0.4, 0.5) is 0 Å². The highest BCUT2D eigenvalue weighted by Gasteiger charge is 2.09. The zero-order valence-corrected chi connectivity index (χ0v) is 9.53. The number of nitrogens with zero attached hydrogens (tertiary/aromatic N) is 4. The van der Waals surface area contributed by atoms with E-state index in [0.717, 1.165) is 0 Å². The van der Waals surface area contributed by atoms with Crippen LogP contribution in [0.25, 0.3) is 0 Å². The minimum atomic E-state index is 0.272. The second-order valence-electron chi connectivity index (χ2n) is 2.71. The second-order valence-corrected chi connectivity index (χ2v) is 4.10. The SMILES string of the molecule is N#Cc1nccnc1Sc1ncccc1Cl. The second kappa shape index (κ2) is 4.92. The van der Waals surface area contributed by atoms with Gasteiger partial charge < -0.3 is 0 Å². The summed E-state index contributed by atoms with van der Waals surface area (Å²) >= 11 is 7.18. The van der Waals surface area contributed by atoms with Crippen molar-refractivity contribution in [2.75, 3.05) is 0 Å². The van der Waals surface area contributed by atoms with Gasteiger partial charge in [0.25, 0.3) is 0 Å². The Labute approximate surface area is 101 Å². The monoisotopic (exact) mass is 248 g/mol. The van der Waals surface area contributed by atoms with E-state index in [2.05, 4.69) is 15.0 Å². The largest absolute Gasteiger partial charge is 0.248 e. The number of hydrogen-bond acceptors (Lipinski definition) is 5. The number of aromatic nitrogens is 3. The third-order valence-electron chi connectivity index (χ3n) is 1.69. The first-order chi connectivity index (χ1) is 7.81. The fraction of sp³-hybridized carbons (Fsp3) is 0. The van der Waals surface area contributed by atoms with E-state index in [0.29, 0.717) is 15.1 Å². The van der Waals surface area contributed by atoms with Crippen molar-refractivity contribution < 1.29 is 0 Å². The number of rotatable bonds is 2. The van der Waals surface area contributed by atoms with Crippen molar-refractivity contribution >= 4 is 23.4 Å². The molecule has 0 aliphatic rings. The van der Waals surface area contributed by atoms with E-state index >= 15 is 0 Å². The fourth-order valence-corrected chi connectivity index (χ4v) is 2.02. The van der Waals surface area contributed by atoms with Crippen LogP contribution in [-0.2, 0) is 0 Å². The maximum absolute atomic E-state index is 8.85. The number of pyridine rings is 1. The Kier molecular flexibility index (Phi) is 3.34. The Bertz CT molecular complexity index is 553. The van der Waals surface area contributed by atoms with Gasteiger partial charge in [0.1, 0.15) is 16.1 Å². The van der Waals surface area contributed by atoms with Crippen molar-refractivity contribution in [3.05, 3.63) is 41.4 Å². The van der Waals surface area contributed by atoms with Gasteiger partial charge in [-0.05, 0) is 23.9 Å². The van der Waals surface area contributed by atoms with Gasteiger partial charge in [-0.2, -0.15) is 5.26 Å². The van der Waals surface area contributed by atoms with Crippen LogP contribution < -0.4 is 0 Å². The third-order valence-corrected chi connectivity index (χ3v) is 3.12. The zero-order chi connectivity index (χ0) is 11.4. The Morgan fingerprint density at radius 3 is 2.62 bits per heavy atom. The zero-order valence-electron chi connectivity index (χ0n) is 7.96. The van der Waals surface area contributed by atoms with Gasteiger partial charge in [-0.1, -0.05) is 11.6 Å². The molecule has 0 saturated heterocycles. The predicted molar refractivity (Wildman–Crippen MR) is 60.1 cm³/mol. The minimum Gasteiger partial charge on any atom is -0.248 e. The summed E-state index contributed by atoms with van der Waals surface area (Å²) in [5.41, 5.74) is 0.272. The van der Waals surface area contributed by atoms with Crippen LogP contribution in [0.3, 0.4) is 0 Å². The molecule has 0 spiro atoms. The minimum absolute atomic E-state index is 0.272. The van der Waals surface area contributed by atoms with E-state index in [4.69, 9.17) is 16.9 Å². The molecule has 0 unspecified atom stereocenters. The van der Waals surface area contributed by atoms with Crippen molar-refractivity contribution in [3.63, 3.8) is 0 Å². The molecule has 0 fully saturated rings. The lowest BCUT2D eigenvalue weighted by Crippen LogP contribution is -1.90. The standard InChI is InChI=1S/C10H5ClN4S/c11-7-2-1-3-14-9(7)16-10-8(6-12)13-4-5-15-10/h1-5H. The number of halogens is 1. The highest BCUT2D eigenvalue weighted by Crippen LogP contribution is 2.30. The Balaban J connectivity index is 2.35. The van der Waals surface area contributed by atoms with Crippen molar-refractivity contribution in [2.45, 2.75) is 10.1 Å². The molecule has 0 bridgehead atoms. The van der Waals surface area contributed by atoms with Crippen molar-refractivity contribution in [2.24, 2.45) is 0 Å². The first-order valence-electron chi connectivity index (χ1n) is 4.30. The van der Waals surface area contributed by atoms with Gasteiger partial charge in [0.2, 0.25) is 0 Å². The van der Waals surface area contributed by atoms with Gasteiger partial charge in [0, 0.05) is 18.6 Å². The molecule has 0 atom stereocenters. The van der Waals surface area contributed by atoms with E-state index in [9.17, 15) is 0 Å². The normalized spacial score (nSPS) is 9.75. The highest BCUT2D eigenvalue weighted by atomic mass is 35.5. The van der Waals surface area contributed by atoms with Crippen molar-refractivity contribution in [1.82, 2.24) is 15.0 Å². The summed E-state index contributed by atoms with van der Waals surface area (Å²) in [6.07, 6.45) is 4.64. The van der Waals surface area contributed by atoms with Crippen molar-refractivity contribution in [3.8, 4) is 6.07 Å². The summed E-state index contributed by atoms with van der Waals surface area (Å²) < 4.78 is 0. The van der Waals surface area contributed by atoms with E-state index in [1.54, 1.807) is 18.3 Å². The van der Waals surface area contributed by atoms with E-state index < -0.39 is 0 Å². The molecular weight excluding hydrogens is 244 g/mol. The lowest BCUT2D eigenvalue weighted by Gasteiger charge is -2.02. The Morgan fingerprint density at radius 1 is 1.12 bits per heavy atom. The Morgan fingerprint density at radius 2 is 1.88 bits per heavy atom. The molecule has 2 aromatic heterocycles. The highest BCUT2D eigenvalue weighted by molar-refractivity contribution is 7.99. The predicted octanol–water partition coefficient (Wildman–Crippen LogP) is 2.55. The van der Waals surface area contributed by atoms with Crippen LogP contribution in [0.2, 0.25) is 5.02 Å². The quantitative estimate of drug-likeness (QED) is 0.817. The van der Waals surface area contributed by atoms with Crippen LogP contribution in [-0.4, -0.2) is 15.0 Å². The first kappa shape index (κ1) is 10.9. The van der Waals surface area contributed by atoms with Gasteiger partial charge in [-0.25, -0.2) is 15.0 Å². The lowest BCUT2D eigenvalue weighted by molar-refractivity contribution is 1.02. The van der Waals surface area contributed by atoms with Crippen LogP contribution >= 0.6 is 23.4 Å². The topological polar surface area (TPSA) is 62.5 Å². The number of nitriles is 1. The molecular formula is C10H5ClN4S. The summed E-state index contributed by atoms with van der Waals surface area (Å²) in [5.74, 6) is 0. The van der Waals surface area contributed by atoms with Crippen LogP contribution in [0.15, 0.2) is 40.8 Å². The molecule has 0 aliphatic heterocycles. The molecule has 2 heterocycles. The smallest absolute Gasteiger partial charge is 0.173 e. The molecule has 0 aliphatic carbocycles. The molecule has 0 N–H and O–H groups in total. The Hall–Kier alpha value is -1.64. The van der Waals surface area contributed by atoms with E-state index in [1.165, 1.54) is 24.2 Å². The molecule has 0 aromatic carbocycles. The van der Waals surface area contributed by atoms with E-state index in [-0.39, 0.29) is 5.69 Å². The van der Waals surface area contributed by atoms with Gasteiger partial charge in [0.15, 0.2) is 5.69 Å². The molecule has 0 amide bonds. The van der Waals surface area contributed by atoms with Gasteiger partial charge in [-0.3, -0.25) is 0 Å². The maximum Gasteiger partial charge on any atom is 0.173 e. The summed E-state index contributed by atoms with van der Waals surface area (Å²) in [4.78, 5) is 12.1. The first-order valence-corrected chi connectivity index (χ1v) is 5.50. The van der Waals surface area contributed by atoms with Crippen LogP contribution in [0, 0.1) is 11.3 Å². The number of hydrogen-bond donors (Lipinski definition) is 0. The summed E-state index contributed by atoms with van der Waals surface area (Å²) in [6, 6.07) is 5.45. The fourth-order valence-electron chi connectivity index (χ4n) is 1.01. The molecule has 2 rings (SSSR count). The summed E-state index contributed by atoms with van der Waals surface area (Å²) in [7, 11) is 0. The summed E-state index contributed by atoms with van der Waals surface area (Å²) in [6.45, 7) is 0. The lowest BCUT2D eigenvalue weighted by atomic mass is 10.5. The van der Waals surface area contributed by atoms with Gasteiger partial charge in [-0.15, -0.1) is 0 Å². The molecule has 2 aromatic rings. The molecule has 78 valence electrons. The molecule has 16 heavy (non-hydrogen) atoms. The van der Waals surface area contributed by atoms with Crippen LogP contribution in [0.1, 0.15) is 5.69 Å². The third kappa shape index (κ3) is 2.30. The molecule has 4 nitrogen and oxygen atoms in total. The molecule has 0 radical (unpaired) electrons. The average molecular weight is 249 g/mol. The summed E-state index contributed by atoms with van der Waals surface area (Å²) in [5, 5.41) is 10.5. The van der Waals surface area contributed by atoms with Gasteiger partial charge >= 0.3 is 0 Å². The van der Waals surface area contributed by atoms with Crippen molar-refractivity contribution in [1.29, 1.82) is 5.26 Å².